The van der Waals surface area contributed by atoms with Gasteiger partial charge in [0.15, 0.2) is 15.0 Å². The number of halogens is 1. The number of hydrogen-bond acceptors (Lipinski definition) is 5. The predicted octanol–water partition coefficient (Wildman–Crippen LogP) is 4.72. The molecule has 3 aromatic rings. The quantitative estimate of drug-likeness (QED) is 0.678. The highest BCUT2D eigenvalue weighted by Gasteiger charge is 2.09. The molecule has 0 atom stereocenters. The van der Waals surface area contributed by atoms with E-state index in [-0.39, 0.29) is 0 Å². The molecule has 0 amide bonds. The summed E-state index contributed by atoms with van der Waals surface area (Å²) >= 11 is 4.93. The smallest absolute Gasteiger partial charge is 0.187 e. The summed E-state index contributed by atoms with van der Waals surface area (Å²) in [6.45, 7) is 0. The molecule has 4 nitrogen and oxygen atoms in total. The highest BCUT2D eigenvalue weighted by Crippen LogP contribution is 2.28. The molecule has 2 aromatic carbocycles. The summed E-state index contributed by atoms with van der Waals surface area (Å²) in [4.78, 5) is 4.85. The number of nitrogens with zero attached hydrogens (tertiary/aromatic N) is 1. The van der Waals surface area contributed by atoms with Gasteiger partial charge in [-0.25, -0.2) is 13.4 Å². The lowest BCUT2D eigenvalue weighted by molar-refractivity contribution is 0.602. The molecule has 0 spiro atoms. The molecule has 118 valence electrons. The van der Waals surface area contributed by atoms with Crippen molar-refractivity contribution < 1.29 is 8.42 Å². The number of hydrogen-bond donors (Lipinski definition) is 1. The van der Waals surface area contributed by atoms with Crippen molar-refractivity contribution in [1.82, 2.24) is 4.98 Å². The number of anilines is 2. The summed E-state index contributed by atoms with van der Waals surface area (Å²) < 4.78 is 24.0. The molecular formula is C16H13BrN2O2S2. The van der Waals surface area contributed by atoms with E-state index in [4.69, 9.17) is 0 Å². The van der Waals surface area contributed by atoms with Gasteiger partial charge >= 0.3 is 0 Å². The van der Waals surface area contributed by atoms with Crippen LogP contribution in [0, 0.1) is 0 Å². The minimum absolute atomic E-state index is 0.309. The van der Waals surface area contributed by atoms with Crippen LogP contribution in [0.4, 0.5) is 10.8 Å². The third-order valence-electron chi connectivity index (χ3n) is 3.16. The van der Waals surface area contributed by atoms with Crippen LogP contribution in [-0.2, 0) is 9.84 Å². The van der Waals surface area contributed by atoms with E-state index in [1.54, 1.807) is 24.3 Å². The van der Waals surface area contributed by atoms with Gasteiger partial charge < -0.3 is 5.32 Å². The second-order valence-electron chi connectivity index (χ2n) is 4.97. The Kier molecular flexibility index (Phi) is 4.52. The van der Waals surface area contributed by atoms with Crippen LogP contribution in [0.15, 0.2) is 63.3 Å². The van der Waals surface area contributed by atoms with Gasteiger partial charge in [-0.2, -0.15) is 0 Å². The van der Waals surface area contributed by atoms with E-state index in [1.165, 1.54) is 17.6 Å². The van der Waals surface area contributed by atoms with Crippen molar-refractivity contribution in [3.63, 3.8) is 0 Å². The summed E-state index contributed by atoms with van der Waals surface area (Å²) in [5.41, 5.74) is 2.65. The maximum atomic E-state index is 11.5. The second-order valence-corrected chi connectivity index (χ2v) is 8.76. The van der Waals surface area contributed by atoms with Gasteiger partial charge in [0.1, 0.15) is 0 Å². The zero-order valence-corrected chi connectivity index (χ0v) is 15.4. The molecule has 7 heteroatoms. The van der Waals surface area contributed by atoms with E-state index in [0.717, 1.165) is 26.5 Å². The van der Waals surface area contributed by atoms with E-state index in [1.807, 2.05) is 29.6 Å². The number of thiazole rings is 1. The molecule has 0 saturated heterocycles. The van der Waals surface area contributed by atoms with Crippen LogP contribution < -0.4 is 5.32 Å². The van der Waals surface area contributed by atoms with E-state index in [2.05, 4.69) is 26.2 Å². The maximum absolute atomic E-state index is 11.5. The zero-order chi connectivity index (χ0) is 16.4. The lowest BCUT2D eigenvalue weighted by Crippen LogP contribution is -1.96. The van der Waals surface area contributed by atoms with Crippen molar-refractivity contribution >= 4 is 47.9 Å². The Morgan fingerprint density at radius 3 is 2.52 bits per heavy atom. The Morgan fingerprint density at radius 1 is 1.13 bits per heavy atom. The molecule has 0 unspecified atom stereocenters. The van der Waals surface area contributed by atoms with Crippen molar-refractivity contribution in [3.8, 4) is 11.3 Å². The Hall–Kier alpha value is -1.70. The summed E-state index contributed by atoms with van der Waals surface area (Å²) in [5, 5.41) is 5.97. The first kappa shape index (κ1) is 16.2. The molecule has 0 fully saturated rings. The van der Waals surface area contributed by atoms with Crippen LogP contribution in [0.25, 0.3) is 11.3 Å². The minimum Gasteiger partial charge on any atom is -0.332 e. The molecule has 0 saturated carbocycles. The van der Waals surface area contributed by atoms with E-state index in [0.29, 0.717) is 4.90 Å². The predicted molar refractivity (Wildman–Crippen MR) is 98.1 cm³/mol. The van der Waals surface area contributed by atoms with Crippen LogP contribution in [0.2, 0.25) is 0 Å². The molecule has 23 heavy (non-hydrogen) atoms. The zero-order valence-electron chi connectivity index (χ0n) is 12.2. The Bertz CT molecular complexity index is 935. The topological polar surface area (TPSA) is 59.1 Å². The van der Waals surface area contributed by atoms with Gasteiger partial charge in [-0.15, -0.1) is 11.3 Å². The van der Waals surface area contributed by atoms with Crippen molar-refractivity contribution in [2.24, 2.45) is 0 Å². The van der Waals surface area contributed by atoms with Gasteiger partial charge in [-0.05, 0) is 30.3 Å². The summed E-state index contributed by atoms with van der Waals surface area (Å²) in [7, 11) is -3.18. The number of sulfone groups is 1. The molecule has 3 rings (SSSR count). The van der Waals surface area contributed by atoms with Gasteiger partial charge in [0.05, 0.1) is 10.6 Å². The van der Waals surface area contributed by atoms with E-state index >= 15 is 0 Å². The van der Waals surface area contributed by atoms with E-state index < -0.39 is 9.84 Å². The fraction of sp³-hybridized carbons (Fsp3) is 0.0625. The van der Waals surface area contributed by atoms with E-state index in [9.17, 15) is 8.42 Å². The summed E-state index contributed by atoms with van der Waals surface area (Å²) in [5.74, 6) is 0. The SMILES string of the molecule is CS(=O)(=O)c1ccc(-c2csc(Nc3cccc(Br)c3)n2)cc1. The third-order valence-corrected chi connectivity index (χ3v) is 5.54. The molecule has 0 radical (unpaired) electrons. The van der Waals surface area contributed by atoms with Crippen LogP contribution in [0.5, 0.6) is 0 Å². The standard InChI is InChI=1S/C16H13BrN2O2S2/c1-23(20,21)14-7-5-11(6-8-14)15-10-22-16(19-15)18-13-4-2-3-12(17)9-13/h2-10H,1H3,(H,18,19). The monoisotopic (exact) mass is 408 g/mol. The highest BCUT2D eigenvalue weighted by atomic mass is 79.9. The number of rotatable bonds is 4. The highest BCUT2D eigenvalue weighted by molar-refractivity contribution is 9.10. The Labute approximate surface area is 147 Å². The van der Waals surface area contributed by atoms with Crippen molar-refractivity contribution in [3.05, 3.63) is 58.4 Å². The fourth-order valence-corrected chi connectivity index (χ4v) is 3.80. The summed E-state index contributed by atoms with van der Waals surface area (Å²) in [6.07, 6.45) is 1.20. The van der Waals surface area contributed by atoms with Crippen LogP contribution in [-0.4, -0.2) is 19.7 Å². The Morgan fingerprint density at radius 2 is 1.87 bits per heavy atom. The van der Waals surface area contributed by atoms with Gasteiger partial charge in [0.2, 0.25) is 0 Å². The average Bonchev–Trinajstić information content (AvgIpc) is 2.95. The molecule has 0 aliphatic rings. The Balaban J connectivity index is 1.81. The van der Waals surface area contributed by atoms with Crippen molar-refractivity contribution in [2.75, 3.05) is 11.6 Å². The van der Waals surface area contributed by atoms with Crippen molar-refractivity contribution in [1.29, 1.82) is 0 Å². The second kappa shape index (κ2) is 6.43. The van der Waals surface area contributed by atoms with Gasteiger partial charge in [-0.1, -0.05) is 34.1 Å². The van der Waals surface area contributed by atoms with Crippen LogP contribution in [0.1, 0.15) is 0 Å². The molecule has 1 aromatic heterocycles. The molecular weight excluding hydrogens is 396 g/mol. The van der Waals surface area contributed by atoms with Gasteiger partial charge in [0.25, 0.3) is 0 Å². The first-order valence-corrected chi connectivity index (χ1v) is 10.3. The number of nitrogens with one attached hydrogen (secondary N) is 1. The largest absolute Gasteiger partial charge is 0.332 e. The third kappa shape index (κ3) is 3.99. The summed E-state index contributed by atoms with van der Waals surface area (Å²) in [6, 6.07) is 14.6. The van der Waals surface area contributed by atoms with Crippen LogP contribution >= 0.6 is 27.3 Å². The first-order valence-electron chi connectivity index (χ1n) is 6.70. The normalized spacial score (nSPS) is 11.4. The average molecular weight is 409 g/mol. The van der Waals surface area contributed by atoms with Crippen LogP contribution in [0.3, 0.4) is 0 Å². The lowest BCUT2D eigenvalue weighted by Gasteiger charge is -2.03. The van der Waals surface area contributed by atoms with Gasteiger partial charge in [0, 0.05) is 27.4 Å². The maximum Gasteiger partial charge on any atom is 0.187 e. The number of benzene rings is 2. The molecule has 0 aliphatic heterocycles. The fourth-order valence-electron chi connectivity index (χ4n) is 2.03. The van der Waals surface area contributed by atoms with Gasteiger partial charge in [-0.3, -0.25) is 0 Å². The number of aromatic nitrogens is 1. The molecule has 1 heterocycles. The molecule has 0 bridgehead atoms. The molecule has 0 aliphatic carbocycles. The molecule has 1 N–H and O–H groups in total. The minimum atomic E-state index is -3.18. The first-order chi connectivity index (χ1) is 10.9. The lowest BCUT2D eigenvalue weighted by atomic mass is 10.2. The van der Waals surface area contributed by atoms with Crippen molar-refractivity contribution in [2.45, 2.75) is 4.90 Å².